The van der Waals surface area contributed by atoms with Gasteiger partial charge in [-0.25, -0.2) is 13.6 Å². The third-order valence-corrected chi connectivity index (χ3v) is 3.66. The van der Waals surface area contributed by atoms with Gasteiger partial charge in [-0.05, 0) is 44.2 Å². The highest BCUT2D eigenvalue weighted by Gasteiger charge is 2.16. The Labute approximate surface area is 151 Å². The normalized spacial score (nSPS) is 11.6. The summed E-state index contributed by atoms with van der Waals surface area (Å²) in [5.41, 5.74) is 0.639. The van der Waals surface area contributed by atoms with Crippen LogP contribution in [0.2, 0.25) is 0 Å². The van der Waals surface area contributed by atoms with Gasteiger partial charge in [-0.1, -0.05) is 6.07 Å². The van der Waals surface area contributed by atoms with E-state index in [0.717, 1.165) is 11.8 Å². The highest BCUT2D eigenvalue weighted by Crippen LogP contribution is 2.30. The Hall–Kier alpha value is -2.89. The zero-order valence-corrected chi connectivity index (χ0v) is 15.2. The molecule has 0 aromatic heterocycles. The van der Waals surface area contributed by atoms with Gasteiger partial charge in [0.05, 0.1) is 12.2 Å². The number of rotatable bonds is 6. The van der Waals surface area contributed by atoms with Gasteiger partial charge in [0, 0.05) is 31.4 Å². The quantitative estimate of drug-likeness (QED) is 0.539. The molecule has 0 bridgehead atoms. The number of nitrogens with zero attached hydrogens (tertiary/aromatic N) is 1. The summed E-state index contributed by atoms with van der Waals surface area (Å²) in [6.07, 6.45) is 0. The first-order valence-corrected chi connectivity index (χ1v) is 8.12. The van der Waals surface area contributed by atoms with Crippen molar-refractivity contribution in [3.63, 3.8) is 0 Å². The van der Waals surface area contributed by atoms with Gasteiger partial charge in [0.25, 0.3) is 0 Å². The Balaban J connectivity index is 2.26. The number of carbonyl (C=O) groups is 1. The summed E-state index contributed by atoms with van der Waals surface area (Å²) in [4.78, 5) is 13.5. The van der Waals surface area contributed by atoms with E-state index in [4.69, 9.17) is 9.47 Å². The zero-order valence-electron chi connectivity index (χ0n) is 15.2. The summed E-state index contributed by atoms with van der Waals surface area (Å²) in [7, 11) is 3.77. The zero-order chi connectivity index (χ0) is 19.3. The molecule has 0 radical (unpaired) electrons. The maximum Gasteiger partial charge on any atom is 0.336 e. The molecule has 0 N–H and O–H groups in total. The first kappa shape index (κ1) is 19.4. The molecular weight excluding hydrogens is 340 g/mol. The highest BCUT2D eigenvalue weighted by atomic mass is 19.1. The van der Waals surface area contributed by atoms with Crippen LogP contribution in [0.25, 0.3) is 5.83 Å². The molecule has 4 nitrogen and oxygen atoms in total. The lowest BCUT2D eigenvalue weighted by atomic mass is 10.1. The van der Waals surface area contributed by atoms with Crippen LogP contribution in [0.1, 0.15) is 19.4 Å². The number of halogens is 2. The average molecular weight is 361 g/mol. The molecule has 2 aromatic carbocycles. The van der Waals surface area contributed by atoms with Crippen molar-refractivity contribution in [1.29, 1.82) is 0 Å². The topological polar surface area (TPSA) is 38.8 Å². The molecule has 0 unspecified atom stereocenters. The summed E-state index contributed by atoms with van der Waals surface area (Å²) >= 11 is 0. The second kappa shape index (κ2) is 8.47. The Morgan fingerprint density at radius 1 is 1.15 bits per heavy atom. The third kappa shape index (κ3) is 4.59. The SMILES string of the molecule is CCOC(=O)C(C)=C(F)c1ccc(Oc2cccc(N(C)C)c2)c(F)c1. The fourth-order valence-corrected chi connectivity index (χ4v) is 2.22. The first-order valence-electron chi connectivity index (χ1n) is 8.12. The van der Waals surface area contributed by atoms with Crippen molar-refractivity contribution in [1.82, 2.24) is 0 Å². The molecular formula is C20H21F2NO3. The maximum atomic E-state index is 14.3. The van der Waals surface area contributed by atoms with Crippen molar-refractivity contribution in [2.45, 2.75) is 13.8 Å². The minimum absolute atomic E-state index is 0.0359. The van der Waals surface area contributed by atoms with Crippen LogP contribution in [0.4, 0.5) is 14.5 Å². The molecule has 0 spiro atoms. The summed E-state index contributed by atoms with van der Waals surface area (Å²) < 4.78 is 39.0. The molecule has 138 valence electrons. The number of carbonyl (C=O) groups excluding carboxylic acids is 1. The number of hydrogen-bond acceptors (Lipinski definition) is 4. The first-order chi connectivity index (χ1) is 12.3. The lowest BCUT2D eigenvalue weighted by Crippen LogP contribution is -2.08. The van der Waals surface area contributed by atoms with Crippen molar-refractivity contribution in [2.24, 2.45) is 0 Å². The van der Waals surface area contributed by atoms with Crippen LogP contribution in [0.15, 0.2) is 48.0 Å². The molecule has 2 rings (SSSR count). The molecule has 0 heterocycles. The number of hydrogen-bond donors (Lipinski definition) is 0. The molecule has 0 amide bonds. The summed E-state index contributed by atoms with van der Waals surface area (Å²) in [5.74, 6) is -1.91. The Morgan fingerprint density at radius 2 is 1.88 bits per heavy atom. The van der Waals surface area contributed by atoms with Crippen LogP contribution in [0.5, 0.6) is 11.5 Å². The number of esters is 1. The van der Waals surface area contributed by atoms with E-state index in [1.54, 1.807) is 25.1 Å². The van der Waals surface area contributed by atoms with E-state index in [-0.39, 0.29) is 23.5 Å². The molecule has 0 aliphatic carbocycles. The van der Waals surface area contributed by atoms with E-state index in [0.29, 0.717) is 5.75 Å². The van der Waals surface area contributed by atoms with Crippen LogP contribution < -0.4 is 9.64 Å². The van der Waals surface area contributed by atoms with Crippen molar-refractivity contribution >= 4 is 17.5 Å². The minimum atomic E-state index is -0.830. The second-order valence-corrected chi connectivity index (χ2v) is 5.80. The largest absolute Gasteiger partial charge is 0.463 e. The fraction of sp³-hybridized carbons (Fsp3) is 0.250. The summed E-state index contributed by atoms with van der Waals surface area (Å²) in [6, 6.07) is 10.8. The molecule has 0 saturated carbocycles. The smallest absolute Gasteiger partial charge is 0.336 e. The third-order valence-electron chi connectivity index (χ3n) is 3.66. The molecule has 2 aromatic rings. The van der Waals surface area contributed by atoms with E-state index in [2.05, 4.69) is 0 Å². The van der Waals surface area contributed by atoms with Crippen LogP contribution in [-0.2, 0) is 9.53 Å². The molecule has 0 aliphatic heterocycles. The van der Waals surface area contributed by atoms with E-state index in [1.807, 2.05) is 25.1 Å². The van der Waals surface area contributed by atoms with Gasteiger partial charge >= 0.3 is 5.97 Å². The van der Waals surface area contributed by atoms with E-state index in [9.17, 15) is 13.6 Å². The fourth-order valence-electron chi connectivity index (χ4n) is 2.22. The van der Waals surface area contributed by atoms with Gasteiger partial charge in [-0.15, -0.1) is 0 Å². The Morgan fingerprint density at radius 3 is 2.50 bits per heavy atom. The van der Waals surface area contributed by atoms with Crippen molar-refractivity contribution in [2.75, 3.05) is 25.6 Å². The van der Waals surface area contributed by atoms with Crippen LogP contribution in [0.3, 0.4) is 0 Å². The van der Waals surface area contributed by atoms with Gasteiger partial charge in [0.2, 0.25) is 0 Å². The lowest BCUT2D eigenvalue weighted by molar-refractivity contribution is -0.138. The van der Waals surface area contributed by atoms with E-state index < -0.39 is 17.6 Å². The molecule has 0 saturated heterocycles. The maximum absolute atomic E-state index is 14.3. The van der Waals surface area contributed by atoms with Crippen molar-refractivity contribution < 1.29 is 23.0 Å². The number of anilines is 1. The van der Waals surface area contributed by atoms with Gasteiger partial charge in [-0.2, -0.15) is 0 Å². The number of benzene rings is 2. The molecule has 26 heavy (non-hydrogen) atoms. The van der Waals surface area contributed by atoms with E-state index >= 15 is 0 Å². The molecule has 0 atom stereocenters. The molecule has 0 aliphatic rings. The van der Waals surface area contributed by atoms with E-state index in [1.165, 1.54) is 19.1 Å². The second-order valence-electron chi connectivity index (χ2n) is 5.80. The van der Waals surface area contributed by atoms with Crippen molar-refractivity contribution in [3.8, 4) is 11.5 Å². The number of ether oxygens (including phenoxy) is 2. The van der Waals surface area contributed by atoms with Crippen LogP contribution in [0, 0.1) is 5.82 Å². The monoisotopic (exact) mass is 361 g/mol. The molecule has 6 heteroatoms. The predicted octanol–water partition coefficient (Wildman–Crippen LogP) is 4.95. The van der Waals surface area contributed by atoms with Crippen LogP contribution >= 0.6 is 0 Å². The summed E-state index contributed by atoms with van der Waals surface area (Å²) in [5, 5.41) is 0. The summed E-state index contributed by atoms with van der Waals surface area (Å²) in [6.45, 7) is 3.05. The average Bonchev–Trinajstić information content (AvgIpc) is 2.62. The van der Waals surface area contributed by atoms with Gasteiger partial charge in [-0.3, -0.25) is 0 Å². The minimum Gasteiger partial charge on any atom is -0.463 e. The lowest BCUT2D eigenvalue weighted by Gasteiger charge is -2.14. The van der Waals surface area contributed by atoms with Crippen molar-refractivity contribution in [3.05, 3.63) is 59.4 Å². The van der Waals surface area contributed by atoms with Crippen LogP contribution in [-0.4, -0.2) is 26.7 Å². The Kier molecular flexibility index (Phi) is 6.33. The standard InChI is InChI=1S/C20H21F2NO3/c1-5-25-20(24)13(2)19(22)14-9-10-18(17(21)11-14)26-16-8-6-7-15(12-16)23(3)4/h6-12H,5H2,1-4H3. The predicted molar refractivity (Wildman–Crippen MR) is 97.6 cm³/mol. The van der Waals surface area contributed by atoms with Gasteiger partial charge < -0.3 is 14.4 Å². The van der Waals surface area contributed by atoms with Gasteiger partial charge in [0.1, 0.15) is 11.6 Å². The van der Waals surface area contributed by atoms with Gasteiger partial charge in [0.15, 0.2) is 11.6 Å². The Bertz CT molecular complexity index is 832. The highest BCUT2D eigenvalue weighted by molar-refractivity contribution is 5.95. The molecule has 0 fully saturated rings.